The lowest BCUT2D eigenvalue weighted by Gasteiger charge is -2.29. The summed E-state index contributed by atoms with van der Waals surface area (Å²) in [5.74, 6) is -0.438. The molecule has 5 N–H and O–H groups in total. The van der Waals surface area contributed by atoms with E-state index in [2.05, 4.69) is 126 Å². The topological polar surface area (TPSA) is 154 Å². The van der Waals surface area contributed by atoms with Gasteiger partial charge in [-0.05, 0) is 83.6 Å². The molecule has 0 bridgehead atoms. The maximum Gasteiger partial charge on any atom is 0.335 e. The molecular weight excluding hydrogens is 869 g/mol. The third-order valence-electron chi connectivity index (χ3n) is 10.4. The number of amides is 3. The smallest absolute Gasteiger partial charge is 0.335 e. The number of likely N-dealkylation sites (N-methyl/N-ethyl adjacent to an activating group) is 1. The number of benzene rings is 6. The number of nitrogens with one attached hydrogen (secondary N) is 2. The first-order valence-electron chi connectivity index (χ1n) is 21.4. The van der Waals surface area contributed by atoms with Crippen LogP contribution in [0.25, 0.3) is 22.9 Å². The molecule has 64 heavy (non-hydrogen) atoms. The minimum absolute atomic E-state index is 0.134. The Morgan fingerprint density at radius 3 is 1.83 bits per heavy atom. The van der Waals surface area contributed by atoms with Gasteiger partial charge in [0.15, 0.2) is 0 Å². The second kappa shape index (κ2) is 25.7. The molecule has 3 amide bonds. The molecule has 0 saturated heterocycles. The van der Waals surface area contributed by atoms with Gasteiger partial charge in [0, 0.05) is 11.5 Å². The van der Waals surface area contributed by atoms with Crippen LogP contribution >= 0.6 is 15.9 Å². The average molecular weight is 930 g/mol. The number of fused-ring (bicyclic) bond motifs is 3. The van der Waals surface area contributed by atoms with Gasteiger partial charge in [-0.15, -0.1) is 0 Å². The first-order chi connectivity index (χ1) is 30.7. The molecule has 0 spiro atoms. The van der Waals surface area contributed by atoms with Gasteiger partial charge < -0.3 is 30.5 Å². The zero-order valence-corrected chi connectivity index (χ0v) is 39.0. The standard InChI is InChI=1S/C19H21N.C17H22NO.C11H8O3.C6H11BrN2O2/c1-20-14-6-11-19-17-9-4-2-7-15(17)12-13-16-8-3-5-10-18(16)19;1-18(2,15-16-9-5-3-6-10-16)13-14-19-17-11-7-4-8-12-17;12-10-6-8-4-2-1-3-7(8)5-9(10)11(13)14;1-3(2)4(7)5(10)9-6(8)11/h2-5,7-10,12-13,19-20H,6,11,14H2,1H3;3-12H,13-15H2,1-2H3;1-6,12H,(H,13,14);3-4H,1-2H3,(H3,8,9,10,11)/q;+1;;/p-1. The predicted molar refractivity (Wildman–Crippen MR) is 262 cm³/mol. The molecular formula is C53H61BrN4O6. The van der Waals surface area contributed by atoms with Crippen molar-refractivity contribution in [1.82, 2.24) is 10.6 Å². The van der Waals surface area contributed by atoms with Crippen LogP contribution in [0.2, 0.25) is 0 Å². The Labute approximate surface area is 386 Å². The third kappa shape index (κ3) is 16.5. The molecule has 0 saturated carbocycles. The first kappa shape index (κ1) is 50.4. The van der Waals surface area contributed by atoms with Gasteiger partial charge in [0.2, 0.25) is 5.91 Å². The molecule has 11 heteroatoms. The Bertz CT molecular complexity index is 2370. The maximum absolute atomic E-state index is 11.3. The van der Waals surface area contributed by atoms with E-state index in [0.29, 0.717) is 5.92 Å². The number of carboxylic acids is 1. The highest BCUT2D eigenvalue weighted by Crippen LogP contribution is 2.37. The first-order valence-corrected chi connectivity index (χ1v) is 22.3. The minimum atomic E-state index is -1.18. The molecule has 0 aromatic heterocycles. The van der Waals surface area contributed by atoms with Crippen molar-refractivity contribution < 1.29 is 33.8 Å². The molecule has 6 aromatic carbocycles. The number of quaternary nitrogens is 1. The summed E-state index contributed by atoms with van der Waals surface area (Å²) < 4.78 is 6.69. The van der Waals surface area contributed by atoms with Crippen molar-refractivity contribution in [2.75, 3.05) is 40.8 Å². The predicted octanol–water partition coefficient (Wildman–Crippen LogP) is 9.86. The van der Waals surface area contributed by atoms with Gasteiger partial charge >= 0.3 is 12.0 Å². The number of carboxylic acid groups (broad SMARTS) is 1. The van der Waals surface area contributed by atoms with E-state index in [0.717, 1.165) is 47.2 Å². The Morgan fingerprint density at radius 2 is 1.30 bits per heavy atom. The number of primary amides is 1. The summed E-state index contributed by atoms with van der Waals surface area (Å²) in [7, 11) is 6.50. The summed E-state index contributed by atoms with van der Waals surface area (Å²) in [4.78, 5) is 31.4. The molecule has 1 aliphatic rings. The van der Waals surface area contributed by atoms with Gasteiger partial charge in [0.1, 0.15) is 25.4 Å². The zero-order chi connectivity index (χ0) is 46.5. The highest BCUT2D eigenvalue weighted by molar-refractivity contribution is 9.10. The number of urea groups is 1. The van der Waals surface area contributed by atoms with Gasteiger partial charge in [-0.25, -0.2) is 9.59 Å². The van der Waals surface area contributed by atoms with Crippen molar-refractivity contribution in [2.45, 2.75) is 44.0 Å². The molecule has 0 fully saturated rings. The highest BCUT2D eigenvalue weighted by Gasteiger charge is 2.21. The number of hydrogen-bond donors (Lipinski definition) is 4. The molecule has 6 aromatic rings. The SMILES string of the molecule is CC(C)C(Br)C(=O)NC(N)=O.CNCCCC1c2ccccc2C=Cc2ccccc21.C[N+](C)(CCOc1ccccc1)Cc1ccccc1.O=C(O)c1cc2ccccc2cc1[O-]. The van der Waals surface area contributed by atoms with E-state index in [4.69, 9.17) is 15.6 Å². The monoisotopic (exact) mass is 928 g/mol. The largest absolute Gasteiger partial charge is 0.872 e. The fourth-order valence-electron chi connectivity index (χ4n) is 7.06. The summed E-state index contributed by atoms with van der Waals surface area (Å²) in [5, 5.41) is 26.8. The minimum Gasteiger partial charge on any atom is -0.872 e. The van der Waals surface area contributed by atoms with Gasteiger partial charge in [-0.1, -0.05) is 175 Å². The number of hydrogen-bond acceptors (Lipinski definition) is 6. The summed E-state index contributed by atoms with van der Waals surface area (Å²) >= 11 is 3.12. The number of carbonyl (C=O) groups excluding carboxylic acids is 2. The number of ether oxygens (including phenoxy) is 1. The number of imide groups is 1. The van der Waals surface area contributed by atoms with Crippen LogP contribution in [0.15, 0.2) is 146 Å². The van der Waals surface area contributed by atoms with Crippen molar-refractivity contribution >= 4 is 56.8 Å². The van der Waals surface area contributed by atoms with Gasteiger partial charge in [-0.2, -0.15) is 0 Å². The number of halogens is 1. The van der Waals surface area contributed by atoms with E-state index < -0.39 is 23.7 Å². The normalized spacial score (nSPS) is 12.0. The number of nitrogens with two attached hydrogens (primary N) is 1. The van der Waals surface area contributed by atoms with Crippen LogP contribution in [0.4, 0.5) is 4.79 Å². The number of carbonyl (C=O) groups is 3. The van der Waals surface area contributed by atoms with Crippen molar-refractivity contribution in [2.24, 2.45) is 11.7 Å². The van der Waals surface area contributed by atoms with Crippen molar-refractivity contribution in [1.29, 1.82) is 0 Å². The lowest BCUT2D eigenvalue weighted by atomic mass is 9.84. The van der Waals surface area contributed by atoms with Crippen molar-refractivity contribution in [3.8, 4) is 11.5 Å². The van der Waals surface area contributed by atoms with Crippen LogP contribution in [0.1, 0.15) is 70.8 Å². The van der Waals surface area contributed by atoms with Crippen LogP contribution < -0.4 is 26.2 Å². The van der Waals surface area contributed by atoms with Gasteiger partial charge in [0.05, 0.1) is 24.5 Å². The van der Waals surface area contributed by atoms with E-state index in [1.807, 2.05) is 62.6 Å². The van der Waals surface area contributed by atoms with Gasteiger partial charge in [0.25, 0.3) is 0 Å². The molecule has 0 aliphatic heterocycles. The Morgan fingerprint density at radius 1 is 0.781 bits per heavy atom. The number of rotatable bonds is 13. The van der Waals surface area contributed by atoms with E-state index in [-0.39, 0.29) is 16.3 Å². The number of aromatic carboxylic acids is 1. The Balaban J connectivity index is 0.000000192. The van der Waals surface area contributed by atoms with Crippen LogP contribution in [-0.2, 0) is 11.3 Å². The maximum atomic E-state index is 11.3. The average Bonchev–Trinajstić information content (AvgIpc) is 3.43. The van der Waals surface area contributed by atoms with E-state index >= 15 is 0 Å². The Hall–Kier alpha value is -6.27. The van der Waals surface area contributed by atoms with Crippen LogP contribution in [0.5, 0.6) is 11.5 Å². The van der Waals surface area contributed by atoms with E-state index in [9.17, 15) is 19.5 Å². The summed E-state index contributed by atoms with van der Waals surface area (Å²) in [6.07, 6.45) is 6.90. The molecule has 336 valence electrons. The van der Waals surface area contributed by atoms with Crippen molar-refractivity contribution in [3.63, 3.8) is 0 Å². The molecule has 0 heterocycles. The number of nitrogens with zero attached hydrogens (tertiary/aromatic N) is 1. The molecule has 1 atom stereocenters. The molecule has 0 radical (unpaired) electrons. The van der Waals surface area contributed by atoms with Crippen LogP contribution in [0, 0.1) is 5.92 Å². The lowest BCUT2D eigenvalue weighted by Crippen LogP contribution is -2.41. The second-order valence-electron chi connectivity index (χ2n) is 16.4. The quantitative estimate of drug-likeness (QED) is 0.0511. The van der Waals surface area contributed by atoms with E-state index in [1.165, 1.54) is 52.8 Å². The summed E-state index contributed by atoms with van der Waals surface area (Å²) in [6.45, 7) is 7.56. The third-order valence-corrected chi connectivity index (χ3v) is 11.9. The fraction of sp³-hybridized carbons (Fsp3) is 0.264. The van der Waals surface area contributed by atoms with Gasteiger partial charge in [-0.3, -0.25) is 10.1 Å². The number of alkyl halides is 1. The van der Waals surface area contributed by atoms with Crippen LogP contribution in [0.3, 0.4) is 0 Å². The Kier molecular flexibility index (Phi) is 20.3. The molecule has 1 aliphatic carbocycles. The second-order valence-corrected chi connectivity index (χ2v) is 17.3. The molecule has 10 nitrogen and oxygen atoms in total. The molecule has 7 rings (SSSR count). The fourth-order valence-corrected chi connectivity index (χ4v) is 7.18. The zero-order valence-electron chi connectivity index (χ0n) is 37.4. The number of para-hydroxylation sites is 1. The lowest BCUT2D eigenvalue weighted by molar-refractivity contribution is -0.903. The highest BCUT2D eigenvalue weighted by atomic mass is 79.9. The van der Waals surface area contributed by atoms with Crippen LogP contribution in [-0.4, -0.2) is 73.2 Å². The van der Waals surface area contributed by atoms with Crippen molar-refractivity contribution in [3.05, 3.63) is 179 Å². The summed E-state index contributed by atoms with van der Waals surface area (Å²) in [5.41, 5.74) is 11.6. The summed E-state index contributed by atoms with van der Waals surface area (Å²) in [6, 6.07) is 47.3. The molecule has 1 unspecified atom stereocenters. The van der Waals surface area contributed by atoms with E-state index in [1.54, 1.807) is 18.2 Å².